The van der Waals surface area contributed by atoms with Crippen LogP contribution in [0.5, 0.6) is 0 Å². The van der Waals surface area contributed by atoms with Crippen LogP contribution in [0.2, 0.25) is 0 Å². The van der Waals surface area contributed by atoms with Crippen molar-refractivity contribution in [1.82, 2.24) is 9.97 Å². The van der Waals surface area contributed by atoms with Gasteiger partial charge in [-0.2, -0.15) is 0 Å². The molecule has 1 aromatic heterocycles. The zero-order chi connectivity index (χ0) is 14.3. The summed E-state index contributed by atoms with van der Waals surface area (Å²) < 4.78 is 0. The molecule has 4 rings (SSSR count). The van der Waals surface area contributed by atoms with Gasteiger partial charge < -0.3 is 9.88 Å². The number of aromatic nitrogens is 2. The van der Waals surface area contributed by atoms with Gasteiger partial charge in [0.05, 0.1) is 12.4 Å². The van der Waals surface area contributed by atoms with Gasteiger partial charge in [0.2, 0.25) is 0 Å². The van der Waals surface area contributed by atoms with Gasteiger partial charge in [-0.3, -0.25) is 4.79 Å². The summed E-state index contributed by atoms with van der Waals surface area (Å²) in [5.41, 5.74) is 3.28. The molecule has 0 amide bonds. The molecule has 4 nitrogen and oxygen atoms in total. The number of fused-ring (bicyclic) bond motifs is 1. The van der Waals surface area contributed by atoms with Gasteiger partial charge in [0.1, 0.15) is 0 Å². The fourth-order valence-corrected chi connectivity index (χ4v) is 3.85. The van der Waals surface area contributed by atoms with Crippen LogP contribution in [0.4, 0.5) is 5.82 Å². The van der Waals surface area contributed by atoms with Crippen LogP contribution in [0.15, 0.2) is 35.3 Å². The molecule has 0 bridgehead atoms. The number of hydrogen-bond donors (Lipinski definition) is 1. The van der Waals surface area contributed by atoms with Gasteiger partial charge in [-0.05, 0) is 42.2 Å². The number of anilines is 1. The van der Waals surface area contributed by atoms with Gasteiger partial charge in [0, 0.05) is 13.1 Å². The molecule has 1 radical (unpaired) electrons. The Bertz CT molecular complexity index is 687. The topological polar surface area (TPSA) is 49.0 Å². The van der Waals surface area contributed by atoms with Crippen molar-refractivity contribution in [1.29, 1.82) is 0 Å². The Kier molecular flexibility index (Phi) is 2.84. The first-order valence-corrected chi connectivity index (χ1v) is 7.53. The Morgan fingerprint density at radius 3 is 2.43 bits per heavy atom. The third-order valence-corrected chi connectivity index (χ3v) is 5.01. The smallest absolute Gasteiger partial charge is 0.291 e. The Balaban J connectivity index is 1.51. The summed E-state index contributed by atoms with van der Waals surface area (Å²) in [5.74, 6) is 0.541. The largest absolute Gasteiger partial charge is 0.352 e. The van der Waals surface area contributed by atoms with Gasteiger partial charge >= 0.3 is 0 Å². The predicted octanol–water partition coefficient (Wildman–Crippen LogP) is 1.96. The van der Waals surface area contributed by atoms with E-state index in [0.717, 1.165) is 25.9 Å². The van der Waals surface area contributed by atoms with Crippen LogP contribution in [-0.2, 0) is 12.8 Å². The summed E-state index contributed by atoms with van der Waals surface area (Å²) in [5, 5.41) is 0. The molecule has 1 aromatic carbocycles. The van der Waals surface area contributed by atoms with Crippen LogP contribution in [-0.4, -0.2) is 23.1 Å². The predicted molar refractivity (Wildman–Crippen MR) is 81.4 cm³/mol. The highest BCUT2D eigenvalue weighted by Gasteiger charge is 2.40. The summed E-state index contributed by atoms with van der Waals surface area (Å²) in [7, 11) is 0. The molecule has 1 aliphatic heterocycles. The van der Waals surface area contributed by atoms with Crippen molar-refractivity contribution in [2.75, 3.05) is 18.0 Å². The maximum atomic E-state index is 11.8. The number of H-pyrrole nitrogens is 1. The quantitative estimate of drug-likeness (QED) is 0.868. The number of piperidine rings is 1. The molecule has 21 heavy (non-hydrogen) atoms. The first-order chi connectivity index (χ1) is 10.3. The number of benzene rings is 1. The Hall–Kier alpha value is -2.10. The molecular weight excluding hydrogens is 262 g/mol. The van der Waals surface area contributed by atoms with Crippen LogP contribution in [0.1, 0.15) is 24.0 Å². The molecule has 2 heterocycles. The lowest BCUT2D eigenvalue weighted by Crippen LogP contribution is -2.43. The summed E-state index contributed by atoms with van der Waals surface area (Å²) in [6.07, 6.45) is 8.78. The highest BCUT2D eigenvalue weighted by atomic mass is 16.1. The third kappa shape index (κ3) is 2.15. The molecule has 0 atom stereocenters. The van der Waals surface area contributed by atoms with E-state index in [2.05, 4.69) is 45.3 Å². The molecule has 2 aliphatic rings. The maximum Gasteiger partial charge on any atom is 0.291 e. The lowest BCUT2D eigenvalue weighted by atomic mass is 9.76. The highest BCUT2D eigenvalue weighted by molar-refractivity contribution is 5.39. The van der Waals surface area contributed by atoms with Crippen LogP contribution < -0.4 is 10.5 Å². The van der Waals surface area contributed by atoms with E-state index in [4.69, 9.17) is 0 Å². The molecule has 107 valence electrons. The number of rotatable bonds is 1. The SMILES string of the molecule is O=c1[nH][c]cnc1N1CCC2(CC1)Cc1ccccc1C2. The van der Waals surface area contributed by atoms with E-state index in [9.17, 15) is 4.79 Å². The fourth-order valence-electron chi connectivity index (χ4n) is 3.85. The maximum absolute atomic E-state index is 11.8. The average Bonchev–Trinajstić information content (AvgIpc) is 2.86. The fraction of sp³-hybridized carbons (Fsp3) is 0.412. The molecular formula is C17H18N3O. The second kappa shape index (κ2) is 4.72. The van der Waals surface area contributed by atoms with Gasteiger partial charge in [0.25, 0.3) is 5.56 Å². The molecule has 2 aromatic rings. The van der Waals surface area contributed by atoms with E-state index < -0.39 is 0 Å². The summed E-state index contributed by atoms with van der Waals surface area (Å²) in [6.45, 7) is 1.82. The number of nitrogens with zero attached hydrogens (tertiary/aromatic N) is 2. The molecule has 1 N–H and O–H groups in total. The molecule has 0 saturated carbocycles. The van der Waals surface area contributed by atoms with Crippen molar-refractivity contribution in [3.8, 4) is 0 Å². The highest BCUT2D eigenvalue weighted by Crippen LogP contribution is 2.44. The van der Waals surface area contributed by atoms with Crippen LogP contribution in [0.3, 0.4) is 0 Å². The number of hydrogen-bond acceptors (Lipinski definition) is 3. The summed E-state index contributed by atoms with van der Waals surface area (Å²) >= 11 is 0. The molecule has 1 fully saturated rings. The van der Waals surface area contributed by atoms with Crippen LogP contribution in [0, 0.1) is 11.6 Å². The van der Waals surface area contributed by atoms with Gasteiger partial charge in [-0.25, -0.2) is 4.98 Å². The first kappa shape index (κ1) is 12.6. The van der Waals surface area contributed by atoms with E-state index in [0.29, 0.717) is 11.2 Å². The van der Waals surface area contributed by atoms with E-state index in [1.54, 1.807) is 0 Å². The second-order valence-electron chi connectivity index (χ2n) is 6.29. The van der Waals surface area contributed by atoms with Crippen LogP contribution in [0.25, 0.3) is 0 Å². The number of aromatic amines is 1. The minimum Gasteiger partial charge on any atom is -0.352 e. The zero-order valence-corrected chi connectivity index (χ0v) is 11.9. The van der Waals surface area contributed by atoms with Gasteiger partial charge in [-0.15, -0.1) is 0 Å². The summed E-state index contributed by atoms with van der Waals surface area (Å²) in [6, 6.07) is 8.79. The Labute approximate surface area is 123 Å². The lowest BCUT2D eigenvalue weighted by molar-refractivity contribution is 0.232. The van der Waals surface area contributed by atoms with Crippen molar-refractivity contribution >= 4 is 5.82 Å². The first-order valence-electron chi connectivity index (χ1n) is 7.53. The monoisotopic (exact) mass is 280 g/mol. The van der Waals surface area contributed by atoms with Gasteiger partial charge in [0.15, 0.2) is 5.82 Å². The zero-order valence-electron chi connectivity index (χ0n) is 11.9. The van der Waals surface area contributed by atoms with Crippen molar-refractivity contribution < 1.29 is 0 Å². The standard InChI is InChI=1S/C17H18N3O/c21-16-15(18-7-8-19-16)20-9-5-17(6-10-20)11-13-3-1-2-4-14(13)12-17/h1-4,7H,5-6,9-12H2,(H,19,21). The van der Waals surface area contributed by atoms with E-state index in [-0.39, 0.29) is 5.56 Å². The molecule has 1 spiro atoms. The second-order valence-corrected chi connectivity index (χ2v) is 6.29. The minimum atomic E-state index is -0.136. The Morgan fingerprint density at radius 2 is 1.81 bits per heavy atom. The van der Waals surface area contributed by atoms with E-state index >= 15 is 0 Å². The van der Waals surface area contributed by atoms with E-state index in [1.807, 2.05) is 0 Å². The van der Waals surface area contributed by atoms with Crippen molar-refractivity contribution in [2.45, 2.75) is 25.7 Å². The average molecular weight is 280 g/mol. The molecule has 0 unspecified atom stereocenters. The van der Waals surface area contributed by atoms with Crippen molar-refractivity contribution in [2.24, 2.45) is 5.41 Å². The van der Waals surface area contributed by atoms with Crippen molar-refractivity contribution in [3.05, 3.63) is 58.1 Å². The number of nitrogens with one attached hydrogen (secondary N) is 1. The lowest BCUT2D eigenvalue weighted by Gasteiger charge is -2.39. The Morgan fingerprint density at radius 1 is 1.14 bits per heavy atom. The molecule has 1 saturated heterocycles. The van der Waals surface area contributed by atoms with Gasteiger partial charge in [-0.1, -0.05) is 24.3 Å². The normalized spacial score (nSPS) is 19.7. The van der Waals surface area contributed by atoms with Crippen LogP contribution >= 0.6 is 0 Å². The third-order valence-electron chi connectivity index (χ3n) is 5.01. The molecule has 1 aliphatic carbocycles. The van der Waals surface area contributed by atoms with Crippen molar-refractivity contribution in [3.63, 3.8) is 0 Å². The minimum absolute atomic E-state index is 0.136. The summed E-state index contributed by atoms with van der Waals surface area (Å²) in [4.78, 5) is 20.7. The van der Waals surface area contributed by atoms with E-state index in [1.165, 1.54) is 30.2 Å². The molecule has 4 heteroatoms.